The molecule has 0 radical (unpaired) electrons. The van der Waals surface area contributed by atoms with Gasteiger partial charge in [0.2, 0.25) is 0 Å². The van der Waals surface area contributed by atoms with E-state index in [1.54, 1.807) is 7.11 Å². The SMILES string of the molecule is CC[n+]1c(C)[se]c2ccc(OC)cc21.[I-]. The Balaban J connectivity index is 0.00000112. The predicted molar refractivity (Wildman–Crippen MR) is 58.0 cm³/mol. The van der Waals surface area contributed by atoms with E-state index in [1.165, 1.54) is 14.3 Å². The zero-order valence-corrected chi connectivity index (χ0v) is 13.0. The van der Waals surface area contributed by atoms with Crippen molar-refractivity contribution in [1.29, 1.82) is 0 Å². The molecular weight excluding hydrogens is 368 g/mol. The number of fused-ring (bicyclic) bond motifs is 1. The van der Waals surface area contributed by atoms with E-state index < -0.39 is 0 Å². The average Bonchev–Trinajstić information content (AvgIpc) is 2.52. The van der Waals surface area contributed by atoms with E-state index >= 15 is 0 Å². The van der Waals surface area contributed by atoms with Gasteiger partial charge in [0.15, 0.2) is 0 Å². The first-order valence-corrected chi connectivity index (χ1v) is 6.44. The van der Waals surface area contributed by atoms with Gasteiger partial charge in [-0.1, -0.05) is 0 Å². The average molecular weight is 382 g/mol. The Morgan fingerprint density at radius 1 is 1.40 bits per heavy atom. The van der Waals surface area contributed by atoms with Gasteiger partial charge in [-0.05, 0) is 0 Å². The maximum Gasteiger partial charge on any atom is -1.00 e. The molecule has 0 aliphatic heterocycles. The Labute approximate surface area is 113 Å². The van der Waals surface area contributed by atoms with Crippen LogP contribution in [0.1, 0.15) is 11.5 Å². The summed E-state index contributed by atoms with van der Waals surface area (Å²) in [6.07, 6.45) is 0. The smallest absolute Gasteiger partial charge is 1.00 e. The molecule has 0 unspecified atom stereocenters. The predicted octanol–water partition coefficient (Wildman–Crippen LogP) is -1.47. The molecule has 0 saturated heterocycles. The fourth-order valence-electron chi connectivity index (χ4n) is 1.70. The van der Waals surface area contributed by atoms with Gasteiger partial charge in [0.05, 0.1) is 0 Å². The van der Waals surface area contributed by atoms with E-state index in [0.29, 0.717) is 14.5 Å². The van der Waals surface area contributed by atoms with Crippen LogP contribution in [0.25, 0.3) is 9.78 Å². The third-order valence-corrected chi connectivity index (χ3v) is 4.68. The molecule has 82 valence electrons. The molecule has 1 heterocycles. The van der Waals surface area contributed by atoms with Crippen molar-refractivity contribution in [3.63, 3.8) is 0 Å². The van der Waals surface area contributed by atoms with Crippen LogP contribution < -0.4 is 33.3 Å². The number of benzene rings is 1. The van der Waals surface area contributed by atoms with Crippen molar-refractivity contribution in [2.24, 2.45) is 0 Å². The van der Waals surface area contributed by atoms with Crippen molar-refractivity contribution < 1.29 is 33.3 Å². The Morgan fingerprint density at radius 3 is 2.73 bits per heavy atom. The van der Waals surface area contributed by atoms with Crippen LogP contribution >= 0.6 is 0 Å². The van der Waals surface area contributed by atoms with Crippen LogP contribution in [-0.4, -0.2) is 21.6 Å². The number of ether oxygens (including phenoxy) is 1. The third kappa shape index (κ3) is 2.37. The number of methoxy groups -OCH3 is 1. The van der Waals surface area contributed by atoms with Crippen LogP contribution in [0.4, 0.5) is 0 Å². The number of hydrogen-bond donors (Lipinski definition) is 0. The molecule has 15 heavy (non-hydrogen) atoms. The molecule has 2 aromatic rings. The molecule has 0 atom stereocenters. The molecule has 0 amide bonds. The molecule has 0 aliphatic carbocycles. The van der Waals surface area contributed by atoms with Crippen molar-refractivity contribution in [3.05, 3.63) is 22.8 Å². The summed E-state index contributed by atoms with van der Waals surface area (Å²) < 4.78 is 10.6. The zero-order chi connectivity index (χ0) is 10.1. The summed E-state index contributed by atoms with van der Waals surface area (Å²) in [7, 11) is 1.72. The minimum atomic E-state index is 0. The minimum absolute atomic E-state index is 0. The van der Waals surface area contributed by atoms with Gasteiger partial charge in [-0.2, -0.15) is 0 Å². The van der Waals surface area contributed by atoms with Crippen LogP contribution in [-0.2, 0) is 6.54 Å². The maximum absolute atomic E-state index is 5.24. The van der Waals surface area contributed by atoms with E-state index in [2.05, 4.69) is 30.5 Å². The van der Waals surface area contributed by atoms with E-state index in [-0.39, 0.29) is 24.0 Å². The van der Waals surface area contributed by atoms with Gasteiger partial charge in [0, 0.05) is 0 Å². The molecule has 2 rings (SSSR count). The molecule has 2 nitrogen and oxygen atoms in total. The van der Waals surface area contributed by atoms with Crippen molar-refractivity contribution in [2.45, 2.75) is 20.4 Å². The van der Waals surface area contributed by atoms with Gasteiger partial charge < -0.3 is 24.0 Å². The topological polar surface area (TPSA) is 13.1 Å². The number of aromatic nitrogens is 1. The van der Waals surface area contributed by atoms with Crippen LogP contribution in [0, 0.1) is 6.92 Å². The van der Waals surface area contributed by atoms with Gasteiger partial charge in [0.1, 0.15) is 0 Å². The number of rotatable bonds is 2. The maximum atomic E-state index is 5.24. The standard InChI is InChI=1S/C11H14NOSe.HI/c1-4-12-8(2)14-11-6-5-9(13-3)7-10(11)12;/h5-7H,4H2,1-3H3;1H/q+1;/p-1. The second kappa shape index (κ2) is 5.32. The summed E-state index contributed by atoms with van der Waals surface area (Å²) in [5, 5.41) is 0. The van der Waals surface area contributed by atoms with Crippen LogP contribution in [0.3, 0.4) is 0 Å². The largest absolute Gasteiger partial charge is 1.00 e. The molecule has 1 aromatic carbocycles. The van der Waals surface area contributed by atoms with Gasteiger partial charge in [0.25, 0.3) is 0 Å². The van der Waals surface area contributed by atoms with E-state index in [9.17, 15) is 0 Å². The second-order valence-corrected chi connectivity index (χ2v) is 5.79. The Hall–Kier alpha value is -0.0605. The van der Waals surface area contributed by atoms with Crippen LogP contribution in [0.5, 0.6) is 5.75 Å². The van der Waals surface area contributed by atoms with Gasteiger partial charge >= 0.3 is 89.6 Å². The summed E-state index contributed by atoms with van der Waals surface area (Å²) in [4.78, 5) is 0. The minimum Gasteiger partial charge on any atom is -1.00 e. The molecule has 0 aliphatic rings. The first-order valence-electron chi connectivity index (χ1n) is 4.73. The molecule has 0 fully saturated rings. The van der Waals surface area contributed by atoms with E-state index in [1.807, 2.05) is 6.07 Å². The van der Waals surface area contributed by atoms with E-state index in [4.69, 9.17) is 4.74 Å². The molecule has 0 N–H and O–H groups in total. The molecule has 0 bridgehead atoms. The summed E-state index contributed by atoms with van der Waals surface area (Å²) in [6, 6.07) is 6.37. The first-order chi connectivity index (χ1) is 6.76. The van der Waals surface area contributed by atoms with Gasteiger partial charge in [-0.25, -0.2) is 0 Å². The second-order valence-electron chi connectivity index (χ2n) is 3.20. The Bertz CT molecular complexity index is 467. The summed E-state index contributed by atoms with van der Waals surface area (Å²) in [5.41, 5.74) is 1.34. The normalized spacial score (nSPS) is 10.1. The number of nitrogens with zero attached hydrogens (tertiary/aromatic N) is 1. The van der Waals surface area contributed by atoms with Gasteiger partial charge in [-0.15, -0.1) is 0 Å². The number of halogens is 1. The van der Waals surface area contributed by atoms with E-state index in [0.717, 1.165) is 12.3 Å². The van der Waals surface area contributed by atoms with Crippen molar-refractivity contribution >= 4 is 24.3 Å². The first kappa shape index (κ1) is 13.0. The molecule has 1 aromatic heterocycles. The summed E-state index contributed by atoms with van der Waals surface area (Å²) >= 11 is 0.512. The third-order valence-electron chi connectivity index (χ3n) is 2.41. The quantitative estimate of drug-likeness (QED) is 0.351. The zero-order valence-electron chi connectivity index (χ0n) is 9.08. The Kier molecular flexibility index (Phi) is 4.62. The van der Waals surface area contributed by atoms with Crippen molar-refractivity contribution in [3.8, 4) is 5.75 Å². The fraction of sp³-hybridized carbons (Fsp3) is 0.364. The van der Waals surface area contributed by atoms with Crippen LogP contribution in [0.2, 0.25) is 0 Å². The molecule has 0 spiro atoms. The Morgan fingerprint density at radius 2 is 2.13 bits per heavy atom. The monoisotopic (exact) mass is 383 g/mol. The molecular formula is C11H14INOSe. The summed E-state index contributed by atoms with van der Waals surface area (Å²) in [6.45, 7) is 5.46. The van der Waals surface area contributed by atoms with Crippen molar-refractivity contribution in [2.75, 3.05) is 7.11 Å². The number of aryl methyl sites for hydroxylation is 2. The molecule has 4 heteroatoms. The van der Waals surface area contributed by atoms with Gasteiger partial charge in [-0.3, -0.25) is 0 Å². The van der Waals surface area contributed by atoms with Crippen molar-refractivity contribution in [1.82, 2.24) is 0 Å². The van der Waals surface area contributed by atoms with Crippen LogP contribution in [0.15, 0.2) is 18.2 Å². The number of hydrogen-bond acceptors (Lipinski definition) is 1. The molecule has 0 saturated carbocycles. The fourth-order valence-corrected chi connectivity index (χ4v) is 3.93. The summed E-state index contributed by atoms with van der Waals surface area (Å²) in [5.74, 6) is 0.952.